The molecule has 3 aromatic rings. The van der Waals surface area contributed by atoms with Crippen LogP contribution in [-0.4, -0.2) is 37.7 Å². The van der Waals surface area contributed by atoms with E-state index in [2.05, 4.69) is 20.3 Å². The van der Waals surface area contributed by atoms with E-state index in [9.17, 15) is 4.79 Å². The van der Waals surface area contributed by atoms with Crippen molar-refractivity contribution in [1.82, 2.24) is 25.2 Å². The zero-order valence-corrected chi connectivity index (χ0v) is 14.7. The third-order valence-electron chi connectivity index (χ3n) is 4.75. The summed E-state index contributed by atoms with van der Waals surface area (Å²) >= 11 is 0. The minimum Gasteiger partial charge on any atom is -0.361 e. The summed E-state index contributed by atoms with van der Waals surface area (Å²) in [6.45, 7) is 4.51. The molecule has 1 saturated heterocycles. The first kappa shape index (κ1) is 16.4. The van der Waals surface area contributed by atoms with Crippen molar-refractivity contribution in [3.8, 4) is 11.1 Å². The molecule has 26 heavy (non-hydrogen) atoms. The van der Waals surface area contributed by atoms with Crippen LogP contribution in [0.4, 0.5) is 0 Å². The van der Waals surface area contributed by atoms with Crippen LogP contribution in [0.15, 0.2) is 41.2 Å². The monoisotopic (exact) mass is 349 g/mol. The van der Waals surface area contributed by atoms with E-state index in [0.29, 0.717) is 12.2 Å². The largest absolute Gasteiger partial charge is 0.361 e. The van der Waals surface area contributed by atoms with Gasteiger partial charge in [0.05, 0.1) is 17.4 Å². The number of pyridine rings is 1. The molecule has 0 spiro atoms. The molecular weight excluding hydrogens is 330 g/mol. The number of aryl methyl sites for hydroxylation is 2. The Labute approximate surface area is 151 Å². The lowest BCUT2D eigenvalue weighted by molar-refractivity contribution is 0.0725. The summed E-state index contributed by atoms with van der Waals surface area (Å²) in [6.07, 6.45) is 5.23. The van der Waals surface area contributed by atoms with E-state index in [1.807, 2.05) is 37.1 Å². The molecule has 0 saturated carbocycles. The van der Waals surface area contributed by atoms with Crippen molar-refractivity contribution < 1.29 is 9.32 Å². The fraction of sp³-hybridized carbons (Fsp3) is 0.316. The third kappa shape index (κ3) is 2.85. The number of hydrogen-bond donors (Lipinski definition) is 0. The van der Waals surface area contributed by atoms with Gasteiger partial charge in [-0.2, -0.15) is 5.10 Å². The van der Waals surface area contributed by atoms with Crippen molar-refractivity contribution in [2.75, 3.05) is 6.54 Å². The summed E-state index contributed by atoms with van der Waals surface area (Å²) in [5.74, 6) is 0.676. The molecule has 4 heterocycles. The fourth-order valence-corrected chi connectivity index (χ4v) is 3.53. The molecule has 3 aromatic heterocycles. The topological polar surface area (TPSA) is 85.0 Å². The lowest BCUT2D eigenvalue weighted by Crippen LogP contribution is -2.31. The summed E-state index contributed by atoms with van der Waals surface area (Å²) < 4.78 is 5.23. The Morgan fingerprint density at radius 3 is 2.81 bits per heavy atom. The predicted molar refractivity (Wildman–Crippen MR) is 94.3 cm³/mol. The Bertz CT molecular complexity index is 901. The molecule has 0 radical (unpaired) electrons. The molecule has 0 N–H and O–H groups in total. The van der Waals surface area contributed by atoms with Gasteiger partial charge in [0.1, 0.15) is 5.76 Å². The molecule has 0 aromatic carbocycles. The number of hydrogen-bond acceptors (Lipinski definition) is 6. The van der Waals surface area contributed by atoms with Crippen molar-refractivity contribution in [1.29, 1.82) is 0 Å². The van der Waals surface area contributed by atoms with Gasteiger partial charge in [-0.15, -0.1) is 5.10 Å². The van der Waals surface area contributed by atoms with Gasteiger partial charge in [-0.1, -0.05) is 11.2 Å². The first-order valence-corrected chi connectivity index (χ1v) is 8.63. The summed E-state index contributed by atoms with van der Waals surface area (Å²) in [7, 11) is 0. The van der Waals surface area contributed by atoms with Crippen LogP contribution < -0.4 is 0 Å². The summed E-state index contributed by atoms with van der Waals surface area (Å²) in [5, 5.41) is 11.7. The number of amides is 1. The van der Waals surface area contributed by atoms with Crippen LogP contribution in [0, 0.1) is 13.8 Å². The maximum Gasteiger partial charge on any atom is 0.274 e. The average Bonchev–Trinajstić information content (AvgIpc) is 3.29. The van der Waals surface area contributed by atoms with Crippen molar-refractivity contribution in [2.24, 2.45) is 0 Å². The molecule has 1 fully saturated rings. The standard InChI is InChI=1S/C19H19N5O2/c1-12-18(13(2)26-23-12)14-7-8-15(20-11-14)17-6-4-10-24(17)19(25)16-5-3-9-21-22-16/h3,5,7-9,11,17H,4,6,10H2,1-2H3/t17-/m0/s1. The van der Waals surface area contributed by atoms with Crippen molar-refractivity contribution in [3.63, 3.8) is 0 Å². The van der Waals surface area contributed by atoms with Crippen molar-refractivity contribution in [3.05, 3.63) is 59.5 Å². The summed E-state index contributed by atoms with van der Waals surface area (Å²) in [6, 6.07) is 7.37. The van der Waals surface area contributed by atoms with Crippen LogP contribution in [0.5, 0.6) is 0 Å². The predicted octanol–water partition coefficient (Wildman–Crippen LogP) is 3.12. The second kappa shape index (κ2) is 6.67. The normalized spacial score (nSPS) is 16.8. The third-order valence-corrected chi connectivity index (χ3v) is 4.75. The quantitative estimate of drug-likeness (QED) is 0.722. The maximum atomic E-state index is 12.7. The van der Waals surface area contributed by atoms with Gasteiger partial charge in [0.2, 0.25) is 0 Å². The molecule has 0 bridgehead atoms. The molecule has 1 aliphatic heterocycles. The number of nitrogens with zero attached hydrogens (tertiary/aromatic N) is 5. The van der Waals surface area contributed by atoms with E-state index in [0.717, 1.165) is 41.1 Å². The number of carbonyl (C=O) groups is 1. The highest BCUT2D eigenvalue weighted by molar-refractivity contribution is 5.92. The highest BCUT2D eigenvalue weighted by Crippen LogP contribution is 2.33. The van der Waals surface area contributed by atoms with E-state index in [4.69, 9.17) is 4.52 Å². The van der Waals surface area contributed by atoms with Gasteiger partial charge >= 0.3 is 0 Å². The highest BCUT2D eigenvalue weighted by atomic mass is 16.5. The van der Waals surface area contributed by atoms with Crippen LogP contribution >= 0.6 is 0 Å². The highest BCUT2D eigenvalue weighted by Gasteiger charge is 2.32. The minimum absolute atomic E-state index is 0.0387. The van der Waals surface area contributed by atoms with Gasteiger partial charge in [-0.25, -0.2) is 0 Å². The van der Waals surface area contributed by atoms with Crippen molar-refractivity contribution >= 4 is 5.91 Å². The van der Waals surface area contributed by atoms with Crippen molar-refractivity contribution in [2.45, 2.75) is 32.7 Å². The van der Waals surface area contributed by atoms with Gasteiger partial charge in [0.15, 0.2) is 5.69 Å². The lowest BCUT2D eigenvalue weighted by atomic mass is 10.0. The molecule has 0 unspecified atom stereocenters. The van der Waals surface area contributed by atoms with Gasteiger partial charge in [-0.05, 0) is 44.9 Å². The van der Waals surface area contributed by atoms with Crippen LogP contribution in [-0.2, 0) is 0 Å². The molecule has 1 amide bonds. The van der Waals surface area contributed by atoms with Crippen LogP contribution in [0.2, 0.25) is 0 Å². The first-order chi connectivity index (χ1) is 12.6. The molecular formula is C19H19N5O2. The van der Waals surface area contributed by atoms with Gasteiger partial charge in [0, 0.05) is 30.1 Å². The minimum atomic E-state index is -0.0998. The smallest absolute Gasteiger partial charge is 0.274 e. The average molecular weight is 349 g/mol. The zero-order chi connectivity index (χ0) is 18.1. The Balaban J connectivity index is 1.60. The molecule has 7 nitrogen and oxygen atoms in total. The molecule has 7 heteroatoms. The van der Waals surface area contributed by atoms with E-state index < -0.39 is 0 Å². The second-order valence-electron chi connectivity index (χ2n) is 6.44. The molecule has 1 atom stereocenters. The Morgan fingerprint density at radius 2 is 2.15 bits per heavy atom. The first-order valence-electron chi connectivity index (χ1n) is 8.63. The summed E-state index contributed by atoms with van der Waals surface area (Å²) in [5.41, 5.74) is 4.04. The number of aromatic nitrogens is 4. The van der Waals surface area contributed by atoms with Gasteiger partial charge < -0.3 is 9.42 Å². The van der Waals surface area contributed by atoms with E-state index in [1.54, 1.807) is 18.3 Å². The molecule has 132 valence electrons. The van der Waals surface area contributed by atoms with Crippen LogP contribution in [0.25, 0.3) is 11.1 Å². The SMILES string of the molecule is Cc1noc(C)c1-c1ccc([C@@H]2CCCN2C(=O)c2cccnn2)nc1. The maximum absolute atomic E-state index is 12.7. The number of carbonyl (C=O) groups excluding carboxylic acids is 1. The fourth-order valence-electron chi connectivity index (χ4n) is 3.53. The molecule has 0 aliphatic carbocycles. The van der Waals surface area contributed by atoms with Crippen LogP contribution in [0.1, 0.15) is 46.5 Å². The van der Waals surface area contributed by atoms with E-state index in [-0.39, 0.29) is 11.9 Å². The van der Waals surface area contributed by atoms with E-state index >= 15 is 0 Å². The molecule has 4 rings (SSSR count). The number of rotatable bonds is 3. The van der Waals surface area contributed by atoms with Gasteiger partial charge in [-0.3, -0.25) is 9.78 Å². The van der Waals surface area contributed by atoms with E-state index in [1.165, 1.54) is 0 Å². The summed E-state index contributed by atoms with van der Waals surface area (Å²) in [4.78, 5) is 19.2. The Hall–Kier alpha value is -3.09. The lowest BCUT2D eigenvalue weighted by Gasteiger charge is -2.23. The van der Waals surface area contributed by atoms with Crippen LogP contribution in [0.3, 0.4) is 0 Å². The Kier molecular flexibility index (Phi) is 4.20. The second-order valence-corrected chi connectivity index (χ2v) is 6.44. The van der Waals surface area contributed by atoms with Gasteiger partial charge in [0.25, 0.3) is 5.91 Å². The molecule has 1 aliphatic rings. The number of likely N-dealkylation sites (tertiary alicyclic amines) is 1. The zero-order valence-electron chi connectivity index (χ0n) is 14.7. The Morgan fingerprint density at radius 1 is 1.27 bits per heavy atom.